The molecule has 0 amide bonds. The topological polar surface area (TPSA) is 152 Å². The molecule has 0 spiro atoms. The normalized spacial score (nSPS) is 15.1. The van der Waals surface area contributed by atoms with Crippen molar-refractivity contribution in [3.05, 3.63) is 77.6 Å². The molecule has 0 saturated carbocycles. The van der Waals surface area contributed by atoms with Gasteiger partial charge in [-0.15, -0.1) is 10.2 Å². The summed E-state index contributed by atoms with van der Waals surface area (Å²) in [5.74, 6) is 1.42. The number of ether oxygens (including phenoxy) is 4. The quantitative estimate of drug-likeness (QED) is 0.288. The third kappa shape index (κ3) is 6.83. The van der Waals surface area contributed by atoms with Crippen LogP contribution >= 0.6 is 0 Å². The van der Waals surface area contributed by atoms with Crippen LogP contribution in [0.4, 0.5) is 5.95 Å². The van der Waals surface area contributed by atoms with Gasteiger partial charge in [0.05, 0.1) is 27.4 Å². The molecule has 4 rings (SSSR count). The van der Waals surface area contributed by atoms with Gasteiger partial charge < -0.3 is 18.9 Å². The highest BCUT2D eigenvalue weighted by molar-refractivity contribution is 7.93. The van der Waals surface area contributed by atoms with E-state index in [1.54, 1.807) is 35.4 Å². The Hall–Kier alpha value is -4.14. The fraction of sp³-hybridized carbons (Fsp3) is 0.393. The zero-order chi connectivity index (χ0) is 30.3. The van der Waals surface area contributed by atoms with Crippen molar-refractivity contribution in [2.24, 2.45) is 0 Å². The predicted molar refractivity (Wildman–Crippen MR) is 156 cm³/mol. The average Bonchev–Trinajstić information content (AvgIpc) is 3.25. The summed E-state index contributed by atoms with van der Waals surface area (Å²) in [6.07, 6.45) is 11.5. The number of aryl methyl sites for hydroxylation is 2. The van der Waals surface area contributed by atoms with Gasteiger partial charge in [-0.2, -0.15) is 0 Å². The number of methoxy groups -OCH3 is 3. The van der Waals surface area contributed by atoms with Crippen LogP contribution in [0.2, 0.25) is 0 Å². The Kier molecular flexibility index (Phi) is 10.0. The molecule has 1 N–H and O–H groups in total. The van der Waals surface area contributed by atoms with Crippen LogP contribution in [-0.4, -0.2) is 77.9 Å². The highest BCUT2D eigenvalue weighted by Gasteiger charge is 2.36. The summed E-state index contributed by atoms with van der Waals surface area (Å²) in [6.45, 7) is 5.66. The van der Waals surface area contributed by atoms with E-state index in [4.69, 9.17) is 18.9 Å². The fourth-order valence-electron chi connectivity index (χ4n) is 4.26. The lowest BCUT2D eigenvalue weighted by Gasteiger charge is -2.24. The Bertz CT molecular complexity index is 1580. The maximum absolute atomic E-state index is 13.9. The Morgan fingerprint density at radius 3 is 2.43 bits per heavy atom. The molecular weight excluding hydrogens is 562 g/mol. The minimum Gasteiger partial charge on any atom is -0.498 e. The fourth-order valence-corrected chi connectivity index (χ4v) is 5.36. The summed E-state index contributed by atoms with van der Waals surface area (Å²) < 4.78 is 54.5. The lowest BCUT2D eigenvalue weighted by Crippen LogP contribution is -2.34. The van der Waals surface area contributed by atoms with E-state index < -0.39 is 21.4 Å². The highest BCUT2D eigenvalue weighted by atomic mass is 32.2. The van der Waals surface area contributed by atoms with Gasteiger partial charge in [-0.05, 0) is 44.0 Å². The maximum atomic E-state index is 13.9. The molecule has 13 nitrogen and oxygen atoms in total. The van der Waals surface area contributed by atoms with Gasteiger partial charge >= 0.3 is 0 Å². The van der Waals surface area contributed by atoms with Crippen molar-refractivity contribution < 1.29 is 27.4 Å². The van der Waals surface area contributed by atoms with Gasteiger partial charge in [-0.3, -0.25) is 14.3 Å². The van der Waals surface area contributed by atoms with Crippen molar-refractivity contribution in [1.29, 1.82) is 0 Å². The number of aromatic nitrogens is 6. The Balaban J connectivity index is 1.82. The number of hydrogen-bond acceptors (Lipinski definition) is 11. The van der Waals surface area contributed by atoms with Crippen molar-refractivity contribution in [1.82, 2.24) is 29.7 Å². The monoisotopic (exact) mass is 597 g/mol. The van der Waals surface area contributed by atoms with Gasteiger partial charge in [0, 0.05) is 43.9 Å². The first-order chi connectivity index (χ1) is 20.2. The van der Waals surface area contributed by atoms with E-state index in [1.807, 2.05) is 32.1 Å². The standard InChI is InChI=1S/C28H35N7O6S/c1-18-13-21(17-29-14-18)27-32-33-28(35(27)24-22(39-5)9-7-8-10-23(24)40-6)34-42(36,37)20(3)25(41-12-11-38-4)26-30-15-19(2)16-31-26/h7-9,13-17,20,25H,10-12H2,1-6H3,(H,33,34)/t20-,25-/m1/s1. The zero-order valence-electron chi connectivity index (χ0n) is 24.4. The second-order valence-corrected chi connectivity index (χ2v) is 11.6. The van der Waals surface area contributed by atoms with Gasteiger partial charge in [0.1, 0.15) is 28.6 Å². The van der Waals surface area contributed by atoms with Crippen LogP contribution in [0.3, 0.4) is 0 Å². The van der Waals surface area contributed by atoms with Crippen LogP contribution in [-0.2, 0) is 29.0 Å². The smallest absolute Gasteiger partial charge is 0.243 e. The molecule has 0 bridgehead atoms. The van der Waals surface area contributed by atoms with E-state index in [9.17, 15) is 8.42 Å². The molecule has 0 saturated heterocycles. The summed E-state index contributed by atoms with van der Waals surface area (Å²) in [6, 6.07) is 1.88. The van der Waals surface area contributed by atoms with Gasteiger partial charge in [-0.1, -0.05) is 12.2 Å². The van der Waals surface area contributed by atoms with Crippen molar-refractivity contribution in [3.63, 3.8) is 0 Å². The number of nitrogens with zero attached hydrogens (tertiary/aromatic N) is 6. The Morgan fingerprint density at radius 1 is 1.00 bits per heavy atom. The van der Waals surface area contributed by atoms with E-state index in [0.717, 1.165) is 11.1 Å². The molecular formula is C28H35N7O6S. The van der Waals surface area contributed by atoms with Gasteiger partial charge in [0.2, 0.25) is 16.0 Å². The Labute approximate surface area is 245 Å². The minimum absolute atomic E-state index is 0.0757. The highest BCUT2D eigenvalue weighted by Crippen LogP contribution is 2.35. The molecule has 1 aliphatic carbocycles. The number of nitrogens with one attached hydrogen (secondary N) is 1. The summed E-state index contributed by atoms with van der Waals surface area (Å²) >= 11 is 0. The summed E-state index contributed by atoms with van der Waals surface area (Å²) in [5.41, 5.74) is 2.77. The minimum atomic E-state index is -4.18. The first kappa shape index (κ1) is 30.8. The molecule has 14 heteroatoms. The lowest BCUT2D eigenvalue weighted by atomic mass is 10.2. The maximum Gasteiger partial charge on any atom is 0.243 e. The molecule has 224 valence electrons. The first-order valence-corrected chi connectivity index (χ1v) is 14.7. The number of sulfonamides is 1. The van der Waals surface area contributed by atoms with E-state index in [-0.39, 0.29) is 25.0 Å². The molecule has 3 aromatic rings. The number of allylic oxidation sites excluding steroid dienone is 4. The molecule has 0 unspecified atom stereocenters. The van der Waals surface area contributed by atoms with Crippen molar-refractivity contribution >= 4 is 21.7 Å². The van der Waals surface area contributed by atoms with Gasteiger partial charge in [-0.25, -0.2) is 18.4 Å². The second-order valence-electron chi connectivity index (χ2n) is 9.53. The Morgan fingerprint density at radius 2 is 1.76 bits per heavy atom. The predicted octanol–water partition coefficient (Wildman–Crippen LogP) is 3.59. The zero-order valence-corrected chi connectivity index (χ0v) is 25.3. The molecule has 0 aliphatic heterocycles. The van der Waals surface area contributed by atoms with Crippen LogP contribution in [0.15, 0.2) is 60.6 Å². The lowest BCUT2D eigenvalue weighted by molar-refractivity contribution is 0.0119. The molecule has 2 atom stereocenters. The third-order valence-electron chi connectivity index (χ3n) is 6.46. The molecule has 1 aliphatic rings. The molecule has 3 heterocycles. The number of rotatable bonds is 13. The largest absolute Gasteiger partial charge is 0.498 e. The van der Waals surface area contributed by atoms with Crippen molar-refractivity contribution in [3.8, 4) is 11.4 Å². The molecule has 3 aromatic heterocycles. The molecule has 0 radical (unpaired) electrons. The van der Waals surface area contributed by atoms with Crippen molar-refractivity contribution in [2.45, 2.75) is 38.5 Å². The number of anilines is 1. The van der Waals surface area contributed by atoms with Crippen LogP contribution in [0.1, 0.15) is 36.4 Å². The SMILES string of the molecule is COCCO[C@@H](c1ncc(C)cn1)[C@@H](C)S(=O)(=O)Nc1nnc(-c2cncc(C)c2)n1C1=C(OC)CC=CC=C1OC. The van der Waals surface area contributed by atoms with Crippen LogP contribution < -0.4 is 4.72 Å². The van der Waals surface area contributed by atoms with Gasteiger partial charge in [0.15, 0.2) is 11.6 Å². The van der Waals surface area contributed by atoms with Crippen molar-refractivity contribution in [2.75, 3.05) is 39.3 Å². The number of hydrogen-bond donors (Lipinski definition) is 1. The van der Waals surface area contributed by atoms with Crippen LogP contribution in [0.25, 0.3) is 17.1 Å². The second kappa shape index (κ2) is 13.7. The van der Waals surface area contributed by atoms with E-state index in [0.29, 0.717) is 35.0 Å². The van der Waals surface area contributed by atoms with E-state index in [1.165, 1.54) is 28.3 Å². The molecule has 0 aromatic carbocycles. The molecule has 42 heavy (non-hydrogen) atoms. The first-order valence-electron chi connectivity index (χ1n) is 13.2. The van der Waals surface area contributed by atoms with Crippen LogP contribution in [0.5, 0.6) is 0 Å². The van der Waals surface area contributed by atoms with E-state index in [2.05, 4.69) is 29.9 Å². The average molecular weight is 598 g/mol. The van der Waals surface area contributed by atoms with Gasteiger partial charge in [0.25, 0.3) is 0 Å². The third-order valence-corrected chi connectivity index (χ3v) is 8.15. The van der Waals surface area contributed by atoms with Crippen LogP contribution in [0, 0.1) is 13.8 Å². The number of pyridine rings is 1. The summed E-state index contributed by atoms with van der Waals surface area (Å²) in [7, 11) is 0.412. The summed E-state index contributed by atoms with van der Waals surface area (Å²) in [4.78, 5) is 12.9. The molecule has 0 fully saturated rings. The van der Waals surface area contributed by atoms with E-state index >= 15 is 0 Å². The summed E-state index contributed by atoms with van der Waals surface area (Å²) in [5, 5.41) is 7.49.